The normalized spacial score (nSPS) is 16.9. The Labute approximate surface area is 199 Å². The minimum atomic E-state index is -2.66. The zero-order valence-electron chi connectivity index (χ0n) is 19.5. The number of rotatable bonds is 4. The molecular formula is C25H24B2F2N4O. The van der Waals surface area contributed by atoms with Crippen molar-refractivity contribution in [2.24, 2.45) is 5.92 Å². The third kappa shape index (κ3) is 3.85. The van der Waals surface area contributed by atoms with E-state index in [0.717, 1.165) is 39.2 Å². The third-order valence-corrected chi connectivity index (χ3v) is 6.97. The van der Waals surface area contributed by atoms with Crippen LogP contribution in [0.3, 0.4) is 0 Å². The molecule has 170 valence electrons. The van der Waals surface area contributed by atoms with E-state index in [0.29, 0.717) is 11.3 Å². The molecule has 1 aliphatic carbocycles. The Morgan fingerprint density at radius 3 is 2.38 bits per heavy atom. The van der Waals surface area contributed by atoms with Gasteiger partial charge in [0.25, 0.3) is 0 Å². The van der Waals surface area contributed by atoms with Crippen LogP contribution in [0.2, 0.25) is 0 Å². The topological polar surface area (TPSA) is 56.7 Å². The first kappa shape index (κ1) is 22.8. The number of aromatic nitrogens is 4. The van der Waals surface area contributed by atoms with Crippen LogP contribution in [0.1, 0.15) is 42.8 Å². The van der Waals surface area contributed by atoms with Crippen molar-refractivity contribution in [1.82, 2.24) is 19.7 Å². The number of aryl methyl sites for hydroxylation is 3. The molecule has 1 fully saturated rings. The van der Waals surface area contributed by atoms with Gasteiger partial charge in [0.05, 0.1) is 32.4 Å². The number of halogens is 2. The van der Waals surface area contributed by atoms with Crippen LogP contribution in [0.25, 0.3) is 33.3 Å². The van der Waals surface area contributed by atoms with E-state index in [4.69, 9.17) is 25.2 Å². The summed E-state index contributed by atoms with van der Waals surface area (Å²) in [6.07, 6.45) is 5.49. The van der Waals surface area contributed by atoms with Crippen LogP contribution in [-0.2, 0) is 5.34 Å². The highest BCUT2D eigenvalue weighted by Gasteiger charge is 2.41. The van der Waals surface area contributed by atoms with Gasteiger partial charge in [-0.15, -0.1) is 0 Å². The molecule has 4 heterocycles. The molecule has 0 aromatic carbocycles. The molecule has 5 nitrogen and oxygen atoms in total. The minimum absolute atomic E-state index is 0.218. The zero-order valence-corrected chi connectivity index (χ0v) is 19.5. The molecule has 0 bridgehead atoms. The van der Waals surface area contributed by atoms with Gasteiger partial charge in [-0.2, -0.15) is 0 Å². The van der Waals surface area contributed by atoms with E-state index in [2.05, 4.69) is 10.1 Å². The molecule has 0 N–H and O–H groups in total. The fourth-order valence-corrected chi connectivity index (χ4v) is 4.99. The molecule has 9 heteroatoms. The molecule has 4 aromatic rings. The highest BCUT2D eigenvalue weighted by Crippen LogP contribution is 2.43. The van der Waals surface area contributed by atoms with Crippen molar-refractivity contribution in [2.75, 3.05) is 0 Å². The third-order valence-electron chi connectivity index (χ3n) is 6.97. The molecule has 0 spiro atoms. The standard InChI is InChI=1S/C25H24B2F2N4O/c1-14-4-5-17(11-30-14)20-13-33(25(26,27)19-6-8-24(28,29)9-7-19)21-10-18(12-31-23(20)21)22-15(2)32-34-16(22)3/h4-5,10-13,19H,6-9H2,1-3H3. The smallest absolute Gasteiger partial charge is 0.248 e. The van der Waals surface area contributed by atoms with E-state index in [1.54, 1.807) is 17.0 Å². The molecule has 34 heavy (non-hydrogen) atoms. The van der Waals surface area contributed by atoms with Crippen molar-refractivity contribution < 1.29 is 13.3 Å². The second-order valence-electron chi connectivity index (χ2n) is 9.41. The Morgan fingerprint density at radius 2 is 1.76 bits per heavy atom. The molecule has 0 saturated heterocycles. The van der Waals surface area contributed by atoms with Gasteiger partial charge in [-0.3, -0.25) is 9.97 Å². The van der Waals surface area contributed by atoms with Crippen molar-refractivity contribution in [3.63, 3.8) is 0 Å². The first-order valence-electron chi connectivity index (χ1n) is 11.4. The van der Waals surface area contributed by atoms with Crippen LogP contribution < -0.4 is 0 Å². The molecule has 0 amide bonds. The summed E-state index contributed by atoms with van der Waals surface area (Å²) >= 11 is 0. The van der Waals surface area contributed by atoms with Crippen molar-refractivity contribution >= 4 is 26.7 Å². The van der Waals surface area contributed by atoms with Crippen molar-refractivity contribution in [2.45, 2.75) is 57.7 Å². The summed E-state index contributed by atoms with van der Waals surface area (Å²) in [6.45, 7) is 5.64. The van der Waals surface area contributed by atoms with Crippen LogP contribution in [0.15, 0.2) is 41.3 Å². The van der Waals surface area contributed by atoms with Crippen molar-refractivity contribution in [3.8, 4) is 22.3 Å². The maximum absolute atomic E-state index is 13.8. The van der Waals surface area contributed by atoms with Crippen LogP contribution in [0, 0.1) is 26.7 Å². The molecule has 5 rings (SSSR count). The number of fused-ring (bicyclic) bond motifs is 1. The molecule has 1 saturated carbocycles. The van der Waals surface area contributed by atoms with Gasteiger partial charge < -0.3 is 9.09 Å². The predicted octanol–water partition coefficient (Wildman–Crippen LogP) is 5.45. The molecule has 4 aromatic heterocycles. The van der Waals surface area contributed by atoms with Gasteiger partial charge in [0.2, 0.25) is 5.92 Å². The lowest BCUT2D eigenvalue weighted by Crippen LogP contribution is -2.45. The molecule has 0 unspecified atom stereocenters. The Morgan fingerprint density at radius 1 is 1.06 bits per heavy atom. The van der Waals surface area contributed by atoms with Crippen LogP contribution in [-0.4, -0.2) is 41.3 Å². The van der Waals surface area contributed by atoms with E-state index in [9.17, 15) is 8.78 Å². The first-order valence-corrected chi connectivity index (χ1v) is 11.4. The Hall–Kier alpha value is -2.96. The second kappa shape index (κ2) is 8.07. The van der Waals surface area contributed by atoms with Gasteiger partial charge in [0.15, 0.2) is 0 Å². The highest BCUT2D eigenvalue weighted by atomic mass is 19.3. The average molecular weight is 456 g/mol. The molecule has 0 aliphatic heterocycles. The summed E-state index contributed by atoms with van der Waals surface area (Å²) in [5.74, 6) is -2.29. The summed E-state index contributed by atoms with van der Waals surface area (Å²) in [4.78, 5) is 9.19. The number of alkyl halides is 2. The SMILES string of the molecule is [B]C([B])(C1CCC(F)(F)CC1)n1cc(-c2ccc(C)nc2)c2ncc(-c3c(C)noc3C)cc21. The number of hydrogen-bond acceptors (Lipinski definition) is 4. The summed E-state index contributed by atoms with van der Waals surface area (Å²) < 4.78 is 34.8. The number of hydrogen-bond donors (Lipinski definition) is 0. The second-order valence-corrected chi connectivity index (χ2v) is 9.41. The molecular weight excluding hydrogens is 432 g/mol. The fourth-order valence-electron chi connectivity index (χ4n) is 4.99. The molecule has 1 aliphatic rings. The van der Waals surface area contributed by atoms with Gasteiger partial charge >= 0.3 is 0 Å². The quantitative estimate of drug-likeness (QED) is 0.384. The summed E-state index contributed by atoms with van der Waals surface area (Å²) in [6, 6.07) is 5.87. The van der Waals surface area contributed by atoms with E-state index >= 15 is 0 Å². The maximum Gasteiger partial charge on any atom is 0.248 e. The Bertz CT molecular complexity index is 1330. The van der Waals surface area contributed by atoms with Gasteiger partial charge in [0, 0.05) is 59.4 Å². The Balaban J connectivity index is 1.69. The van der Waals surface area contributed by atoms with Crippen molar-refractivity contribution in [3.05, 3.63) is 53.9 Å². The van der Waals surface area contributed by atoms with E-state index in [-0.39, 0.29) is 31.6 Å². The van der Waals surface area contributed by atoms with Gasteiger partial charge in [-0.25, -0.2) is 8.78 Å². The van der Waals surface area contributed by atoms with Crippen LogP contribution >= 0.6 is 0 Å². The summed E-state index contributed by atoms with van der Waals surface area (Å²) in [5, 5.41) is 2.68. The summed E-state index contributed by atoms with van der Waals surface area (Å²) in [7, 11) is 13.5. The van der Waals surface area contributed by atoms with Gasteiger partial charge in [-0.1, -0.05) is 11.2 Å². The molecule has 0 atom stereocenters. The Kier molecular flexibility index (Phi) is 5.41. The first-order chi connectivity index (χ1) is 16.1. The predicted molar refractivity (Wildman–Crippen MR) is 129 cm³/mol. The summed E-state index contributed by atoms with van der Waals surface area (Å²) in [5.41, 5.74) is 6.46. The van der Waals surface area contributed by atoms with Crippen LogP contribution in [0.4, 0.5) is 8.78 Å². The maximum atomic E-state index is 13.8. The van der Waals surface area contributed by atoms with E-state index in [1.165, 1.54) is 0 Å². The van der Waals surface area contributed by atoms with E-state index < -0.39 is 11.3 Å². The van der Waals surface area contributed by atoms with Crippen LogP contribution in [0.5, 0.6) is 0 Å². The largest absolute Gasteiger partial charge is 0.361 e. The average Bonchev–Trinajstić information content (AvgIpc) is 3.33. The monoisotopic (exact) mass is 456 g/mol. The lowest BCUT2D eigenvalue weighted by molar-refractivity contribution is -0.0498. The van der Waals surface area contributed by atoms with Crippen molar-refractivity contribution in [1.29, 1.82) is 0 Å². The lowest BCUT2D eigenvalue weighted by atomic mass is 9.52. The highest BCUT2D eigenvalue weighted by molar-refractivity contribution is 6.38. The zero-order chi connectivity index (χ0) is 24.3. The van der Waals surface area contributed by atoms with E-state index in [1.807, 2.05) is 45.2 Å². The molecule has 4 radical (unpaired) electrons. The fraction of sp³-hybridized carbons (Fsp3) is 0.400. The van der Waals surface area contributed by atoms with Gasteiger partial charge in [0.1, 0.15) is 5.76 Å². The lowest BCUT2D eigenvalue weighted by Gasteiger charge is -2.42. The number of pyridine rings is 2. The van der Waals surface area contributed by atoms with Gasteiger partial charge in [-0.05, 0) is 57.0 Å². The number of nitrogens with zero attached hydrogens (tertiary/aromatic N) is 4. The minimum Gasteiger partial charge on any atom is -0.361 e.